The maximum atomic E-state index is 13.8. The largest absolute Gasteiger partial charge is 0.309 e. The summed E-state index contributed by atoms with van der Waals surface area (Å²) >= 11 is 5.95. The topological polar surface area (TPSA) is 12.0 Å². The first-order chi connectivity index (χ1) is 9.04. The molecule has 1 unspecified atom stereocenters. The zero-order valence-electron chi connectivity index (χ0n) is 10.1. The minimum atomic E-state index is -0.942. The molecule has 2 rings (SSSR count). The van der Waals surface area contributed by atoms with E-state index in [4.69, 9.17) is 11.6 Å². The highest BCUT2D eigenvalue weighted by Gasteiger charge is 2.20. The quantitative estimate of drug-likeness (QED) is 0.896. The lowest BCUT2D eigenvalue weighted by molar-refractivity contribution is 0.487. The predicted octanol–water partition coefficient (Wildman–Crippen LogP) is 4.07. The summed E-state index contributed by atoms with van der Waals surface area (Å²) in [5.74, 6) is -2.36. The molecule has 5 heteroatoms. The van der Waals surface area contributed by atoms with Crippen molar-refractivity contribution in [1.29, 1.82) is 0 Å². The van der Waals surface area contributed by atoms with Crippen LogP contribution in [0.2, 0.25) is 5.02 Å². The molecule has 1 atom stereocenters. The van der Waals surface area contributed by atoms with E-state index in [-0.39, 0.29) is 10.6 Å². The van der Waals surface area contributed by atoms with Gasteiger partial charge in [0, 0.05) is 10.6 Å². The summed E-state index contributed by atoms with van der Waals surface area (Å²) in [7, 11) is 1.59. The van der Waals surface area contributed by atoms with E-state index in [2.05, 4.69) is 5.32 Å². The lowest BCUT2D eigenvalue weighted by atomic mass is 9.98. The molecule has 1 N–H and O–H groups in total. The first-order valence-electron chi connectivity index (χ1n) is 5.60. The highest BCUT2D eigenvalue weighted by molar-refractivity contribution is 6.31. The Labute approximate surface area is 114 Å². The van der Waals surface area contributed by atoms with Gasteiger partial charge >= 0.3 is 0 Å². The van der Waals surface area contributed by atoms with E-state index < -0.39 is 23.5 Å². The zero-order chi connectivity index (χ0) is 14.0. The molecule has 0 aliphatic heterocycles. The van der Waals surface area contributed by atoms with Crippen molar-refractivity contribution in [2.24, 2.45) is 0 Å². The van der Waals surface area contributed by atoms with Crippen LogP contribution in [-0.4, -0.2) is 7.05 Å². The van der Waals surface area contributed by atoms with E-state index in [1.165, 1.54) is 24.3 Å². The predicted molar refractivity (Wildman–Crippen MR) is 68.7 cm³/mol. The number of benzene rings is 2. The lowest BCUT2D eigenvalue weighted by Crippen LogP contribution is -2.20. The Balaban J connectivity index is 2.53. The van der Waals surface area contributed by atoms with E-state index in [1.807, 2.05) is 0 Å². The molecule has 0 spiro atoms. The van der Waals surface area contributed by atoms with Gasteiger partial charge in [0.25, 0.3) is 0 Å². The van der Waals surface area contributed by atoms with Crippen LogP contribution in [0.4, 0.5) is 13.2 Å². The third-order valence-corrected chi connectivity index (χ3v) is 3.18. The Morgan fingerprint density at radius 1 is 1.05 bits per heavy atom. The van der Waals surface area contributed by atoms with Crippen LogP contribution in [0.5, 0.6) is 0 Å². The number of rotatable bonds is 3. The van der Waals surface area contributed by atoms with Crippen molar-refractivity contribution in [3.63, 3.8) is 0 Å². The Kier molecular flexibility index (Phi) is 4.12. The van der Waals surface area contributed by atoms with E-state index >= 15 is 0 Å². The van der Waals surface area contributed by atoms with E-state index in [9.17, 15) is 13.2 Å². The van der Waals surface area contributed by atoms with Gasteiger partial charge in [-0.15, -0.1) is 0 Å². The Morgan fingerprint density at radius 2 is 1.79 bits per heavy atom. The van der Waals surface area contributed by atoms with Gasteiger partial charge in [0.15, 0.2) is 11.6 Å². The molecule has 0 fully saturated rings. The Morgan fingerprint density at radius 3 is 2.42 bits per heavy atom. The molecule has 0 radical (unpaired) electrons. The van der Waals surface area contributed by atoms with Gasteiger partial charge in [-0.2, -0.15) is 0 Å². The highest BCUT2D eigenvalue weighted by Crippen LogP contribution is 2.30. The third kappa shape index (κ3) is 2.74. The number of hydrogen-bond donors (Lipinski definition) is 1. The van der Waals surface area contributed by atoms with Crippen molar-refractivity contribution >= 4 is 11.6 Å². The number of halogens is 4. The monoisotopic (exact) mass is 285 g/mol. The summed E-state index contributed by atoms with van der Waals surface area (Å²) in [5, 5.41) is 3.00. The minimum Gasteiger partial charge on any atom is -0.309 e. The molecule has 100 valence electrons. The lowest BCUT2D eigenvalue weighted by Gasteiger charge is -2.19. The number of hydrogen-bond acceptors (Lipinski definition) is 1. The minimum absolute atomic E-state index is 0.121. The fraction of sp³-hybridized carbons (Fsp3) is 0.143. The second kappa shape index (κ2) is 5.63. The molecule has 1 nitrogen and oxygen atoms in total. The first-order valence-corrected chi connectivity index (χ1v) is 5.98. The van der Waals surface area contributed by atoms with E-state index in [1.54, 1.807) is 7.05 Å². The summed E-state index contributed by atoms with van der Waals surface area (Å²) in [6.45, 7) is 0. The molecular formula is C14H11ClF3N. The van der Waals surface area contributed by atoms with Crippen LogP contribution < -0.4 is 5.32 Å². The molecular weight excluding hydrogens is 275 g/mol. The van der Waals surface area contributed by atoms with Crippen molar-refractivity contribution in [3.8, 4) is 0 Å². The molecule has 0 heterocycles. The zero-order valence-corrected chi connectivity index (χ0v) is 10.8. The van der Waals surface area contributed by atoms with Crippen molar-refractivity contribution in [3.05, 3.63) is 70.0 Å². The number of nitrogens with one attached hydrogen (secondary N) is 1. The second-order valence-corrected chi connectivity index (χ2v) is 4.44. The van der Waals surface area contributed by atoms with Gasteiger partial charge < -0.3 is 5.32 Å². The van der Waals surface area contributed by atoms with Crippen LogP contribution in [0.1, 0.15) is 17.2 Å². The normalized spacial score (nSPS) is 12.5. The molecule has 0 aromatic heterocycles. The van der Waals surface area contributed by atoms with Gasteiger partial charge in [-0.05, 0) is 30.8 Å². The van der Waals surface area contributed by atoms with Gasteiger partial charge in [-0.1, -0.05) is 29.8 Å². The van der Waals surface area contributed by atoms with Gasteiger partial charge in [0.1, 0.15) is 5.82 Å². The Bertz CT molecular complexity index is 601. The summed E-state index contributed by atoms with van der Waals surface area (Å²) in [6, 6.07) is 7.07. The third-order valence-electron chi connectivity index (χ3n) is 2.85. The fourth-order valence-corrected chi connectivity index (χ4v) is 2.23. The molecule has 2 aromatic carbocycles. The fourth-order valence-electron chi connectivity index (χ4n) is 1.96. The molecule has 19 heavy (non-hydrogen) atoms. The average Bonchev–Trinajstić information content (AvgIpc) is 2.37. The van der Waals surface area contributed by atoms with Crippen molar-refractivity contribution in [2.75, 3.05) is 7.05 Å². The second-order valence-electron chi connectivity index (χ2n) is 4.03. The van der Waals surface area contributed by atoms with Gasteiger partial charge in [0.05, 0.1) is 6.04 Å². The van der Waals surface area contributed by atoms with Crippen LogP contribution in [0.3, 0.4) is 0 Å². The smallest absolute Gasteiger partial charge is 0.163 e. The summed E-state index contributed by atoms with van der Waals surface area (Å²) in [6.07, 6.45) is 0. The molecule has 0 aliphatic carbocycles. The molecule has 0 saturated carbocycles. The van der Waals surface area contributed by atoms with Crippen LogP contribution >= 0.6 is 11.6 Å². The average molecular weight is 286 g/mol. The molecule has 0 amide bonds. The summed E-state index contributed by atoms with van der Waals surface area (Å²) < 4.78 is 40.1. The standard InChI is InChI=1S/C14H11ClF3N/c1-19-14(9-6-5-8(16)7-11(9)15)10-3-2-4-12(17)13(10)18/h2-7,14,19H,1H3. The van der Waals surface area contributed by atoms with Crippen LogP contribution in [0.25, 0.3) is 0 Å². The first kappa shape index (κ1) is 13.9. The van der Waals surface area contributed by atoms with Gasteiger partial charge in [0.2, 0.25) is 0 Å². The van der Waals surface area contributed by atoms with Crippen LogP contribution in [-0.2, 0) is 0 Å². The highest BCUT2D eigenvalue weighted by atomic mass is 35.5. The summed E-state index contributed by atoms with van der Waals surface area (Å²) in [5.41, 5.74) is 0.603. The maximum Gasteiger partial charge on any atom is 0.163 e. The van der Waals surface area contributed by atoms with Crippen LogP contribution in [0, 0.1) is 17.5 Å². The Hall–Kier alpha value is -1.52. The van der Waals surface area contributed by atoms with Crippen molar-refractivity contribution in [1.82, 2.24) is 5.32 Å². The maximum absolute atomic E-state index is 13.8. The van der Waals surface area contributed by atoms with E-state index in [0.717, 1.165) is 12.1 Å². The van der Waals surface area contributed by atoms with Crippen LogP contribution in [0.15, 0.2) is 36.4 Å². The molecule has 0 aliphatic rings. The summed E-state index contributed by atoms with van der Waals surface area (Å²) in [4.78, 5) is 0. The van der Waals surface area contributed by atoms with Crippen molar-refractivity contribution in [2.45, 2.75) is 6.04 Å². The molecule has 0 bridgehead atoms. The molecule has 2 aromatic rings. The van der Waals surface area contributed by atoms with Gasteiger partial charge in [-0.3, -0.25) is 0 Å². The van der Waals surface area contributed by atoms with Crippen molar-refractivity contribution < 1.29 is 13.2 Å². The SMILES string of the molecule is CNC(c1ccc(F)cc1Cl)c1cccc(F)c1F. The van der Waals surface area contributed by atoms with E-state index in [0.29, 0.717) is 5.56 Å². The van der Waals surface area contributed by atoms with Gasteiger partial charge in [-0.25, -0.2) is 13.2 Å². The molecule has 0 saturated heterocycles.